The molecule has 1 aromatic rings. The van der Waals surface area contributed by atoms with Crippen molar-refractivity contribution in [2.75, 3.05) is 13.2 Å². The highest BCUT2D eigenvalue weighted by Gasteiger charge is 2.51. The van der Waals surface area contributed by atoms with E-state index >= 15 is 0 Å². The zero-order valence-corrected chi connectivity index (χ0v) is 17.9. The Labute approximate surface area is 162 Å². The number of amides is 1. The number of carbonyl (C=O) groups excluding carboxylic acids is 1. The number of fused-ring (bicyclic) bond motifs is 1. The van der Waals surface area contributed by atoms with Crippen LogP contribution in [0.15, 0.2) is 30.3 Å². The lowest BCUT2D eigenvalue weighted by Crippen LogP contribution is -2.48. The number of ether oxygens (including phenoxy) is 3. The summed E-state index contributed by atoms with van der Waals surface area (Å²) in [4.78, 5) is 12.1. The summed E-state index contributed by atoms with van der Waals surface area (Å²) < 4.78 is 23.6. The molecule has 0 aliphatic carbocycles. The van der Waals surface area contributed by atoms with Crippen molar-refractivity contribution >= 4 is 14.4 Å². The Kier molecular flexibility index (Phi) is 5.95. The van der Waals surface area contributed by atoms with E-state index in [2.05, 4.69) is 39.2 Å². The first-order valence-corrected chi connectivity index (χ1v) is 12.5. The van der Waals surface area contributed by atoms with Crippen LogP contribution in [-0.4, -0.2) is 52.0 Å². The number of alkyl carbamates (subject to hydrolysis) is 1. The van der Waals surface area contributed by atoms with Gasteiger partial charge in [-0.2, -0.15) is 0 Å². The Morgan fingerprint density at radius 3 is 2.48 bits per heavy atom. The topological polar surface area (TPSA) is 66.0 Å². The number of nitrogens with one attached hydrogen (secondary N) is 1. The Morgan fingerprint density at radius 2 is 1.81 bits per heavy atom. The van der Waals surface area contributed by atoms with Crippen molar-refractivity contribution in [3.8, 4) is 0 Å². The quantitative estimate of drug-likeness (QED) is 0.776. The van der Waals surface area contributed by atoms with Gasteiger partial charge in [0, 0.05) is 0 Å². The third-order valence-electron chi connectivity index (χ3n) is 5.78. The summed E-state index contributed by atoms with van der Waals surface area (Å²) in [6.07, 6.45) is -0.865. The Bertz CT molecular complexity index is 646. The molecule has 0 unspecified atom stereocenters. The number of hydrogen-bond acceptors (Lipinski definition) is 5. The van der Waals surface area contributed by atoms with Crippen molar-refractivity contribution in [3.63, 3.8) is 0 Å². The molecule has 2 heterocycles. The molecule has 2 saturated heterocycles. The molecule has 6 nitrogen and oxygen atoms in total. The van der Waals surface area contributed by atoms with Gasteiger partial charge in [-0.1, -0.05) is 51.1 Å². The van der Waals surface area contributed by atoms with Crippen molar-refractivity contribution in [2.24, 2.45) is 0 Å². The first kappa shape index (κ1) is 20.3. The predicted octanol–water partition coefficient (Wildman–Crippen LogP) is 3.47. The summed E-state index contributed by atoms with van der Waals surface area (Å²) >= 11 is 0. The van der Waals surface area contributed by atoms with Crippen LogP contribution < -0.4 is 5.32 Å². The molecule has 7 heteroatoms. The van der Waals surface area contributed by atoms with Gasteiger partial charge in [0.2, 0.25) is 0 Å². The molecule has 1 aromatic carbocycles. The molecule has 0 spiro atoms. The third kappa shape index (κ3) is 4.71. The minimum absolute atomic E-state index is 0.0805. The van der Waals surface area contributed by atoms with Crippen molar-refractivity contribution in [1.29, 1.82) is 0 Å². The van der Waals surface area contributed by atoms with Crippen LogP contribution in [0.2, 0.25) is 18.1 Å². The van der Waals surface area contributed by atoms with Crippen LogP contribution in [0.4, 0.5) is 4.79 Å². The first-order chi connectivity index (χ1) is 12.7. The minimum atomic E-state index is -1.91. The number of benzene rings is 1. The van der Waals surface area contributed by atoms with Crippen molar-refractivity contribution < 1.29 is 23.4 Å². The number of hydrogen-bond donors (Lipinski definition) is 1. The van der Waals surface area contributed by atoms with E-state index in [9.17, 15) is 4.79 Å². The van der Waals surface area contributed by atoms with Crippen LogP contribution in [0.5, 0.6) is 0 Å². The molecule has 0 radical (unpaired) electrons. The van der Waals surface area contributed by atoms with E-state index < -0.39 is 14.4 Å². The molecule has 2 aliphatic rings. The molecule has 1 amide bonds. The highest BCUT2D eigenvalue weighted by atomic mass is 28.4. The average molecular weight is 394 g/mol. The van der Waals surface area contributed by atoms with Gasteiger partial charge in [-0.05, 0) is 23.7 Å². The van der Waals surface area contributed by atoms with E-state index in [-0.39, 0.29) is 36.0 Å². The minimum Gasteiger partial charge on any atom is -0.445 e. The fourth-order valence-electron chi connectivity index (χ4n) is 3.16. The summed E-state index contributed by atoms with van der Waals surface area (Å²) in [5.41, 5.74) is 0.952. The highest BCUT2D eigenvalue weighted by molar-refractivity contribution is 6.74. The lowest BCUT2D eigenvalue weighted by Gasteiger charge is -2.39. The standard InChI is InChI=1S/C20H31NO5Si/c1-20(2,3)27(4,5)26-16-13-24-17-15(12-23-18(16)17)21-19(22)25-11-14-9-7-6-8-10-14/h6-10,15-18H,11-13H2,1-5H3,(H,21,22)/t15-,16+,17+,18+/m0/s1. The maximum atomic E-state index is 12.1. The molecule has 27 heavy (non-hydrogen) atoms. The SMILES string of the molecule is CC(C)(C)[Si](C)(C)O[C@@H]1CO[C@H]2[C@@H]1OC[C@@H]2NC(=O)OCc1ccccc1. The van der Waals surface area contributed by atoms with Gasteiger partial charge in [0.05, 0.1) is 25.4 Å². The Hall–Kier alpha value is -1.41. The molecular weight excluding hydrogens is 362 g/mol. The van der Waals surface area contributed by atoms with Crippen LogP contribution >= 0.6 is 0 Å². The number of carbonyl (C=O) groups is 1. The van der Waals surface area contributed by atoms with E-state index in [0.717, 1.165) is 5.56 Å². The fraction of sp³-hybridized carbons (Fsp3) is 0.650. The van der Waals surface area contributed by atoms with Crippen LogP contribution in [0.1, 0.15) is 26.3 Å². The maximum absolute atomic E-state index is 12.1. The Balaban J connectivity index is 1.50. The summed E-state index contributed by atoms with van der Waals surface area (Å²) in [7, 11) is -1.91. The molecule has 1 N–H and O–H groups in total. The normalized spacial score (nSPS) is 28.0. The fourth-order valence-corrected chi connectivity index (χ4v) is 4.47. The molecule has 4 atom stereocenters. The molecule has 2 aliphatic heterocycles. The summed E-state index contributed by atoms with van der Waals surface area (Å²) in [5.74, 6) is 0. The third-order valence-corrected chi connectivity index (χ3v) is 10.3. The van der Waals surface area contributed by atoms with Gasteiger partial charge < -0.3 is 24.0 Å². The lowest BCUT2D eigenvalue weighted by molar-refractivity contribution is 0.0237. The van der Waals surface area contributed by atoms with E-state index in [1.807, 2.05) is 30.3 Å². The van der Waals surface area contributed by atoms with Crippen molar-refractivity contribution in [1.82, 2.24) is 5.32 Å². The smallest absolute Gasteiger partial charge is 0.407 e. The van der Waals surface area contributed by atoms with Gasteiger partial charge in [-0.15, -0.1) is 0 Å². The highest BCUT2D eigenvalue weighted by Crippen LogP contribution is 2.40. The van der Waals surface area contributed by atoms with Gasteiger partial charge in [0.1, 0.15) is 18.8 Å². The molecule has 0 aromatic heterocycles. The monoisotopic (exact) mass is 393 g/mol. The van der Waals surface area contributed by atoms with E-state index in [1.54, 1.807) is 0 Å². The number of rotatable bonds is 5. The first-order valence-electron chi connectivity index (χ1n) is 9.55. The van der Waals surface area contributed by atoms with Crippen LogP contribution in [0.25, 0.3) is 0 Å². The van der Waals surface area contributed by atoms with E-state index in [0.29, 0.717) is 13.2 Å². The molecule has 150 valence electrons. The van der Waals surface area contributed by atoms with Gasteiger partial charge in [0.15, 0.2) is 8.32 Å². The summed E-state index contributed by atoms with van der Waals surface area (Å²) in [6, 6.07) is 9.39. The van der Waals surface area contributed by atoms with E-state index in [4.69, 9.17) is 18.6 Å². The van der Waals surface area contributed by atoms with Gasteiger partial charge >= 0.3 is 6.09 Å². The van der Waals surface area contributed by atoms with E-state index in [1.165, 1.54) is 0 Å². The van der Waals surface area contributed by atoms with Crippen LogP contribution in [0.3, 0.4) is 0 Å². The van der Waals surface area contributed by atoms with Gasteiger partial charge in [0.25, 0.3) is 0 Å². The Morgan fingerprint density at radius 1 is 1.15 bits per heavy atom. The van der Waals surface area contributed by atoms with Crippen molar-refractivity contribution in [3.05, 3.63) is 35.9 Å². The maximum Gasteiger partial charge on any atom is 0.407 e. The molecule has 2 fully saturated rings. The second-order valence-corrected chi connectivity index (χ2v) is 13.6. The second kappa shape index (κ2) is 7.91. The predicted molar refractivity (Wildman–Crippen MR) is 105 cm³/mol. The zero-order chi connectivity index (χ0) is 19.7. The van der Waals surface area contributed by atoms with Gasteiger partial charge in [-0.25, -0.2) is 4.79 Å². The molecule has 3 rings (SSSR count). The lowest BCUT2D eigenvalue weighted by atomic mass is 10.1. The van der Waals surface area contributed by atoms with Crippen LogP contribution in [0, 0.1) is 0 Å². The summed E-state index contributed by atoms with van der Waals surface area (Å²) in [5, 5.41) is 3.01. The summed E-state index contributed by atoms with van der Waals surface area (Å²) in [6.45, 7) is 12.3. The largest absolute Gasteiger partial charge is 0.445 e. The average Bonchev–Trinajstić information content (AvgIpc) is 3.17. The van der Waals surface area contributed by atoms with Gasteiger partial charge in [-0.3, -0.25) is 0 Å². The van der Waals surface area contributed by atoms with Crippen LogP contribution in [-0.2, 0) is 25.2 Å². The van der Waals surface area contributed by atoms with Crippen molar-refractivity contribution in [2.45, 2.75) is 69.9 Å². The molecular formula is C20H31NO5Si. The second-order valence-electron chi connectivity index (χ2n) is 8.83. The zero-order valence-electron chi connectivity index (χ0n) is 16.9. The molecule has 0 saturated carbocycles. The molecule has 0 bridgehead atoms.